The molecule has 1 saturated heterocycles. The van der Waals surface area contributed by atoms with Gasteiger partial charge in [-0.3, -0.25) is 4.79 Å². The van der Waals surface area contributed by atoms with Gasteiger partial charge in [0.25, 0.3) is 0 Å². The maximum Gasteiger partial charge on any atom is 0.222 e. The normalized spacial score (nSPS) is 19.4. The second-order valence-corrected chi connectivity index (χ2v) is 7.23. The zero-order chi connectivity index (χ0) is 14.5. The monoisotopic (exact) mass is 291 g/mol. The summed E-state index contributed by atoms with van der Waals surface area (Å²) in [4.78, 5) is 13.7. The molecular formula is C12H25N3O3S. The minimum Gasteiger partial charge on any atom is -0.343 e. The van der Waals surface area contributed by atoms with Crippen molar-refractivity contribution in [2.45, 2.75) is 51.6 Å². The van der Waals surface area contributed by atoms with Crippen LogP contribution < -0.4 is 10.5 Å². The van der Waals surface area contributed by atoms with Gasteiger partial charge in [-0.15, -0.1) is 0 Å². The van der Waals surface area contributed by atoms with Crippen molar-refractivity contribution in [2.24, 2.45) is 5.73 Å². The quantitative estimate of drug-likeness (QED) is 0.723. The summed E-state index contributed by atoms with van der Waals surface area (Å²) < 4.78 is 25.6. The van der Waals surface area contributed by atoms with E-state index in [0.29, 0.717) is 38.8 Å². The average Bonchev–Trinajstić information content (AvgIpc) is 2.36. The predicted octanol–water partition coefficient (Wildman–Crippen LogP) is 0.0441. The van der Waals surface area contributed by atoms with E-state index in [1.807, 2.05) is 6.92 Å². The Labute approximate surface area is 115 Å². The van der Waals surface area contributed by atoms with Gasteiger partial charge in [0.2, 0.25) is 15.9 Å². The van der Waals surface area contributed by atoms with Crippen LogP contribution in [0.15, 0.2) is 0 Å². The molecule has 1 aliphatic heterocycles. The Balaban J connectivity index is 2.34. The molecule has 7 heteroatoms. The van der Waals surface area contributed by atoms with E-state index < -0.39 is 10.0 Å². The number of hydrogen-bond donors (Lipinski definition) is 2. The molecule has 19 heavy (non-hydrogen) atoms. The fourth-order valence-corrected chi connectivity index (χ4v) is 3.00. The Morgan fingerprint density at radius 3 is 2.47 bits per heavy atom. The van der Waals surface area contributed by atoms with Crippen molar-refractivity contribution in [1.29, 1.82) is 0 Å². The van der Waals surface area contributed by atoms with Crippen LogP contribution in [0.3, 0.4) is 0 Å². The van der Waals surface area contributed by atoms with Crippen molar-refractivity contribution < 1.29 is 13.2 Å². The van der Waals surface area contributed by atoms with Crippen LogP contribution in [0, 0.1) is 0 Å². The summed E-state index contributed by atoms with van der Waals surface area (Å²) in [6, 6.07) is 0.000264. The first-order valence-electron chi connectivity index (χ1n) is 6.87. The summed E-state index contributed by atoms with van der Waals surface area (Å²) in [5.74, 6) is 0.217. The molecule has 0 aliphatic carbocycles. The van der Waals surface area contributed by atoms with Gasteiger partial charge < -0.3 is 10.6 Å². The van der Waals surface area contributed by atoms with E-state index in [1.54, 1.807) is 11.8 Å². The molecule has 1 heterocycles. The number of likely N-dealkylation sites (tertiary alicyclic amines) is 1. The molecule has 112 valence electrons. The summed E-state index contributed by atoms with van der Waals surface area (Å²) in [6.07, 6.45) is 2.54. The molecule has 0 spiro atoms. The van der Waals surface area contributed by atoms with Crippen molar-refractivity contribution in [3.8, 4) is 0 Å². The summed E-state index contributed by atoms with van der Waals surface area (Å²) in [5.41, 5.74) is 5.63. The number of sulfonamides is 1. The number of piperidine rings is 1. The molecule has 1 rings (SSSR count). The maximum atomic E-state index is 11.9. The lowest BCUT2D eigenvalue weighted by Crippen LogP contribution is -2.46. The molecule has 0 aromatic rings. The Hall–Kier alpha value is -0.660. The van der Waals surface area contributed by atoms with Crippen molar-refractivity contribution in [3.05, 3.63) is 0 Å². The van der Waals surface area contributed by atoms with Gasteiger partial charge in [-0.05, 0) is 33.1 Å². The Kier molecular flexibility index (Phi) is 6.22. The topological polar surface area (TPSA) is 92.5 Å². The third-order valence-corrected chi connectivity index (χ3v) is 4.84. The third-order valence-electron chi connectivity index (χ3n) is 3.39. The molecule has 6 nitrogen and oxygen atoms in total. The summed E-state index contributed by atoms with van der Waals surface area (Å²) in [6.45, 7) is 4.75. The van der Waals surface area contributed by atoms with Crippen LogP contribution in [-0.2, 0) is 14.8 Å². The molecule has 0 aromatic heterocycles. The smallest absolute Gasteiger partial charge is 0.222 e. The lowest BCUT2D eigenvalue weighted by molar-refractivity contribution is -0.132. The van der Waals surface area contributed by atoms with Crippen LogP contribution in [0.2, 0.25) is 0 Å². The molecule has 1 atom stereocenters. The fraction of sp³-hybridized carbons (Fsp3) is 0.917. The van der Waals surface area contributed by atoms with Gasteiger partial charge >= 0.3 is 0 Å². The lowest BCUT2D eigenvalue weighted by Gasteiger charge is -2.32. The highest BCUT2D eigenvalue weighted by molar-refractivity contribution is 7.89. The highest BCUT2D eigenvalue weighted by atomic mass is 32.2. The van der Waals surface area contributed by atoms with Gasteiger partial charge in [-0.25, -0.2) is 13.1 Å². The van der Waals surface area contributed by atoms with Gasteiger partial charge in [-0.2, -0.15) is 0 Å². The minimum atomic E-state index is -3.15. The van der Waals surface area contributed by atoms with E-state index in [9.17, 15) is 13.2 Å². The van der Waals surface area contributed by atoms with E-state index in [1.165, 1.54) is 0 Å². The highest BCUT2D eigenvalue weighted by Gasteiger charge is 2.25. The number of nitrogens with one attached hydrogen (secondary N) is 1. The molecule has 1 amide bonds. The highest BCUT2D eigenvalue weighted by Crippen LogP contribution is 2.13. The molecule has 1 unspecified atom stereocenters. The number of nitrogens with zero attached hydrogens (tertiary/aromatic N) is 1. The van der Waals surface area contributed by atoms with Crippen LogP contribution in [0.4, 0.5) is 0 Å². The predicted molar refractivity (Wildman–Crippen MR) is 75.1 cm³/mol. The largest absolute Gasteiger partial charge is 0.343 e. The molecule has 3 N–H and O–H groups in total. The zero-order valence-corrected chi connectivity index (χ0v) is 12.6. The first-order chi connectivity index (χ1) is 8.84. The van der Waals surface area contributed by atoms with Crippen LogP contribution in [-0.4, -0.2) is 50.2 Å². The van der Waals surface area contributed by atoms with Crippen molar-refractivity contribution in [1.82, 2.24) is 9.62 Å². The van der Waals surface area contributed by atoms with Crippen molar-refractivity contribution >= 4 is 15.9 Å². The zero-order valence-electron chi connectivity index (χ0n) is 11.8. The van der Waals surface area contributed by atoms with Gasteiger partial charge in [0.15, 0.2) is 0 Å². The van der Waals surface area contributed by atoms with E-state index in [-0.39, 0.29) is 23.7 Å². The molecule has 1 aliphatic rings. The SMILES string of the molecule is CCS(=O)(=O)NC1CCN(C(=O)CCC(C)N)CC1. The van der Waals surface area contributed by atoms with Gasteiger partial charge in [-0.1, -0.05) is 0 Å². The summed E-state index contributed by atoms with van der Waals surface area (Å²) >= 11 is 0. The fourth-order valence-electron chi connectivity index (χ4n) is 2.09. The van der Waals surface area contributed by atoms with E-state index in [0.717, 1.165) is 0 Å². The van der Waals surface area contributed by atoms with Crippen LogP contribution in [0.5, 0.6) is 0 Å². The van der Waals surface area contributed by atoms with Crippen LogP contribution in [0.1, 0.15) is 39.5 Å². The minimum absolute atomic E-state index is 0.0394. The standard InChI is InChI=1S/C12H25N3O3S/c1-3-19(17,18)14-11-6-8-15(9-7-11)12(16)5-4-10(2)13/h10-11,14H,3-9,13H2,1-2H3. The molecule has 0 radical (unpaired) electrons. The van der Waals surface area contributed by atoms with Gasteiger partial charge in [0.1, 0.15) is 0 Å². The average molecular weight is 291 g/mol. The van der Waals surface area contributed by atoms with Crippen LogP contribution in [0.25, 0.3) is 0 Å². The Morgan fingerprint density at radius 2 is 2.00 bits per heavy atom. The molecular weight excluding hydrogens is 266 g/mol. The Morgan fingerprint density at radius 1 is 1.42 bits per heavy atom. The second-order valence-electron chi connectivity index (χ2n) is 5.19. The molecule has 0 saturated carbocycles. The number of hydrogen-bond acceptors (Lipinski definition) is 4. The number of nitrogens with two attached hydrogens (primary N) is 1. The number of amides is 1. The summed E-state index contributed by atoms with van der Waals surface area (Å²) in [7, 11) is -3.15. The number of rotatable bonds is 6. The first-order valence-corrected chi connectivity index (χ1v) is 8.52. The van der Waals surface area contributed by atoms with Crippen molar-refractivity contribution in [3.63, 3.8) is 0 Å². The summed E-state index contributed by atoms with van der Waals surface area (Å²) in [5, 5.41) is 0. The van der Waals surface area contributed by atoms with Crippen LogP contribution >= 0.6 is 0 Å². The molecule has 1 fully saturated rings. The molecule has 0 aromatic carbocycles. The van der Waals surface area contributed by atoms with E-state index in [4.69, 9.17) is 5.73 Å². The van der Waals surface area contributed by atoms with Gasteiger partial charge in [0.05, 0.1) is 5.75 Å². The van der Waals surface area contributed by atoms with Gasteiger partial charge in [0, 0.05) is 31.6 Å². The number of carbonyl (C=O) groups is 1. The van der Waals surface area contributed by atoms with Crippen molar-refractivity contribution in [2.75, 3.05) is 18.8 Å². The number of carbonyl (C=O) groups excluding carboxylic acids is 1. The Bertz CT molecular complexity index is 387. The maximum absolute atomic E-state index is 11.9. The second kappa shape index (κ2) is 7.21. The lowest BCUT2D eigenvalue weighted by atomic mass is 10.1. The first kappa shape index (κ1) is 16.4. The molecule has 0 bridgehead atoms. The van der Waals surface area contributed by atoms with E-state index >= 15 is 0 Å². The van der Waals surface area contributed by atoms with E-state index in [2.05, 4.69) is 4.72 Å². The third kappa shape index (κ3) is 5.88.